The molecule has 0 saturated heterocycles. The van der Waals surface area contributed by atoms with E-state index in [1.807, 2.05) is 16.8 Å². The lowest BCUT2D eigenvalue weighted by Crippen LogP contribution is -1.93. The van der Waals surface area contributed by atoms with Crippen molar-refractivity contribution in [2.24, 2.45) is 0 Å². The van der Waals surface area contributed by atoms with Crippen molar-refractivity contribution in [2.75, 3.05) is 0 Å². The van der Waals surface area contributed by atoms with E-state index in [9.17, 15) is 0 Å². The summed E-state index contributed by atoms with van der Waals surface area (Å²) >= 11 is 0. The topological polar surface area (TPSA) is 17.3 Å². The Morgan fingerprint density at radius 2 is 1.83 bits per heavy atom. The van der Waals surface area contributed by atoms with Crippen molar-refractivity contribution in [3.8, 4) is 0 Å². The summed E-state index contributed by atoms with van der Waals surface area (Å²) in [5, 5.41) is 4.61. The Morgan fingerprint density at radius 1 is 1.00 bits per heavy atom. The fraction of sp³-hybridized carbons (Fsp3) is 0.188. The van der Waals surface area contributed by atoms with Crippen LogP contribution in [0.1, 0.15) is 16.8 Å². The van der Waals surface area contributed by atoms with Crippen molar-refractivity contribution < 1.29 is 0 Å². The third-order valence-corrected chi connectivity index (χ3v) is 3.28. The fourth-order valence-corrected chi connectivity index (χ4v) is 2.25. The van der Waals surface area contributed by atoms with Gasteiger partial charge in [-0.3, -0.25) is 0 Å². The van der Waals surface area contributed by atoms with Gasteiger partial charge in [-0.1, -0.05) is 36.4 Å². The summed E-state index contributed by atoms with van der Waals surface area (Å²) in [4.78, 5) is 0. The van der Waals surface area contributed by atoms with Crippen molar-refractivity contribution in [3.05, 3.63) is 71.5 Å². The highest BCUT2D eigenvalue weighted by atomic mass is 15.2. The number of rotatable bonds is 3. The molecule has 0 bridgehead atoms. The molecule has 3 aromatic rings. The van der Waals surface area contributed by atoms with Crippen molar-refractivity contribution in [3.63, 3.8) is 0 Å². The van der Waals surface area contributed by atoms with Crippen LogP contribution in [0.4, 0.5) is 0 Å². The lowest BCUT2D eigenvalue weighted by Gasteiger charge is -1.97. The van der Waals surface area contributed by atoms with Crippen molar-refractivity contribution in [1.29, 1.82) is 0 Å². The first-order valence-electron chi connectivity index (χ1n) is 6.31. The molecule has 3 rings (SSSR count). The SMILES string of the molecule is Cc1cccn2nc(CCc3ccccc3)cc12. The van der Waals surface area contributed by atoms with E-state index < -0.39 is 0 Å². The lowest BCUT2D eigenvalue weighted by atomic mass is 10.1. The molecular weight excluding hydrogens is 220 g/mol. The summed E-state index contributed by atoms with van der Waals surface area (Å²) in [6, 6.07) is 16.9. The Hall–Kier alpha value is -2.09. The fourth-order valence-electron chi connectivity index (χ4n) is 2.25. The van der Waals surface area contributed by atoms with Crippen LogP contribution in [0.3, 0.4) is 0 Å². The summed E-state index contributed by atoms with van der Waals surface area (Å²) in [6.45, 7) is 2.12. The second-order valence-corrected chi connectivity index (χ2v) is 4.64. The van der Waals surface area contributed by atoms with Crippen LogP contribution in [0.2, 0.25) is 0 Å². The zero-order valence-electron chi connectivity index (χ0n) is 10.5. The number of benzene rings is 1. The van der Waals surface area contributed by atoms with Crippen LogP contribution in [-0.2, 0) is 12.8 Å². The maximum atomic E-state index is 4.61. The standard InChI is InChI=1S/C16H16N2/c1-13-6-5-11-18-16(13)12-15(17-18)10-9-14-7-3-2-4-8-14/h2-8,11-12H,9-10H2,1H3. The number of hydrogen-bond acceptors (Lipinski definition) is 1. The highest BCUT2D eigenvalue weighted by Crippen LogP contribution is 2.13. The quantitative estimate of drug-likeness (QED) is 0.681. The highest BCUT2D eigenvalue weighted by Gasteiger charge is 2.03. The molecule has 0 unspecified atom stereocenters. The van der Waals surface area contributed by atoms with E-state index in [1.165, 1.54) is 16.6 Å². The first kappa shape index (κ1) is 11.0. The molecule has 0 N–H and O–H groups in total. The minimum atomic E-state index is 0.991. The second kappa shape index (κ2) is 4.65. The first-order chi connectivity index (χ1) is 8.83. The van der Waals surface area contributed by atoms with E-state index in [4.69, 9.17) is 0 Å². The second-order valence-electron chi connectivity index (χ2n) is 4.64. The average molecular weight is 236 g/mol. The summed E-state index contributed by atoms with van der Waals surface area (Å²) in [5.74, 6) is 0. The number of aryl methyl sites for hydroxylation is 3. The van der Waals surface area contributed by atoms with Crippen LogP contribution in [0.25, 0.3) is 5.52 Å². The summed E-state index contributed by atoms with van der Waals surface area (Å²) in [5.41, 5.74) is 5.01. The van der Waals surface area contributed by atoms with Gasteiger partial charge in [0.05, 0.1) is 11.2 Å². The van der Waals surface area contributed by atoms with Gasteiger partial charge in [0, 0.05) is 6.20 Å². The Kier molecular flexibility index (Phi) is 2.85. The van der Waals surface area contributed by atoms with Gasteiger partial charge in [0.25, 0.3) is 0 Å². The molecule has 2 heterocycles. The average Bonchev–Trinajstić information content (AvgIpc) is 2.82. The number of aromatic nitrogens is 2. The Balaban J connectivity index is 1.81. The molecule has 2 heteroatoms. The Bertz CT molecular complexity index is 653. The molecule has 0 spiro atoms. The maximum Gasteiger partial charge on any atom is 0.0693 e. The Morgan fingerprint density at radius 3 is 2.61 bits per heavy atom. The molecule has 2 nitrogen and oxygen atoms in total. The zero-order chi connectivity index (χ0) is 12.4. The molecule has 0 saturated carbocycles. The van der Waals surface area contributed by atoms with Crippen LogP contribution < -0.4 is 0 Å². The molecule has 0 aliphatic heterocycles. The lowest BCUT2D eigenvalue weighted by molar-refractivity contribution is 0.853. The molecule has 18 heavy (non-hydrogen) atoms. The maximum absolute atomic E-state index is 4.61. The molecule has 0 aliphatic carbocycles. The molecule has 0 fully saturated rings. The summed E-state index contributed by atoms with van der Waals surface area (Å²) in [7, 11) is 0. The van der Waals surface area contributed by atoms with Gasteiger partial charge < -0.3 is 0 Å². The summed E-state index contributed by atoms with van der Waals surface area (Å²) in [6.07, 6.45) is 4.04. The minimum Gasteiger partial charge on any atom is -0.240 e. The number of nitrogens with zero attached hydrogens (tertiary/aromatic N) is 2. The van der Waals surface area contributed by atoms with E-state index in [0.29, 0.717) is 0 Å². The largest absolute Gasteiger partial charge is 0.240 e. The number of hydrogen-bond donors (Lipinski definition) is 0. The van der Waals surface area contributed by atoms with Gasteiger partial charge in [-0.2, -0.15) is 5.10 Å². The highest BCUT2D eigenvalue weighted by molar-refractivity contribution is 5.54. The van der Waals surface area contributed by atoms with E-state index in [0.717, 1.165) is 18.5 Å². The van der Waals surface area contributed by atoms with Gasteiger partial charge in [-0.25, -0.2) is 4.52 Å². The molecule has 1 aromatic carbocycles. The normalized spacial score (nSPS) is 10.9. The van der Waals surface area contributed by atoms with E-state index in [2.05, 4.69) is 54.5 Å². The molecule has 0 radical (unpaired) electrons. The van der Waals surface area contributed by atoms with Gasteiger partial charge in [0.1, 0.15) is 0 Å². The van der Waals surface area contributed by atoms with Crippen LogP contribution in [0.5, 0.6) is 0 Å². The van der Waals surface area contributed by atoms with Gasteiger partial charge in [-0.15, -0.1) is 0 Å². The molecule has 0 aliphatic rings. The molecule has 2 aromatic heterocycles. The van der Waals surface area contributed by atoms with Gasteiger partial charge in [0.15, 0.2) is 0 Å². The van der Waals surface area contributed by atoms with E-state index in [1.54, 1.807) is 0 Å². The third-order valence-electron chi connectivity index (χ3n) is 3.28. The van der Waals surface area contributed by atoms with Crippen LogP contribution in [0, 0.1) is 6.92 Å². The predicted molar refractivity (Wildman–Crippen MR) is 73.8 cm³/mol. The number of fused-ring (bicyclic) bond motifs is 1. The minimum absolute atomic E-state index is 0.991. The van der Waals surface area contributed by atoms with Crippen LogP contribution in [0.15, 0.2) is 54.7 Å². The number of pyridine rings is 1. The zero-order valence-corrected chi connectivity index (χ0v) is 10.5. The van der Waals surface area contributed by atoms with Gasteiger partial charge in [0.2, 0.25) is 0 Å². The van der Waals surface area contributed by atoms with Crippen molar-refractivity contribution in [2.45, 2.75) is 19.8 Å². The molecule has 0 atom stereocenters. The van der Waals surface area contributed by atoms with Crippen LogP contribution in [-0.4, -0.2) is 9.61 Å². The molecular formula is C16H16N2. The smallest absolute Gasteiger partial charge is 0.0693 e. The molecule has 90 valence electrons. The third kappa shape index (κ3) is 2.14. The molecule has 0 amide bonds. The van der Waals surface area contributed by atoms with E-state index >= 15 is 0 Å². The monoisotopic (exact) mass is 236 g/mol. The Labute approximate surface area is 107 Å². The first-order valence-corrected chi connectivity index (χ1v) is 6.31. The summed E-state index contributed by atoms with van der Waals surface area (Å²) < 4.78 is 1.97. The van der Waals surface area contributed by atoms with Gasteiger partial charge >= 0.3 is 0 Å². The van der Waals surface area contributed by atoms with Gasteiger partial charge in [-0.05, 0) is 43.0 Å². The van der Waals surface area contributed by atoms with Crippen molar-refractivity contribution in [1.82, 2.24) is 9.61 Å². The van der Waals surface area contributed by atoms with Crippen LogP contribution >= 0.6 is 0 Å². The predicted octanol–water partition coefficient (Wildman–Crippen LogP) is 3.43. The van der Waals surface area contributed by atoms with Crippen molar-refractivity contribution >= 4 is 5.52 Å². The van der Waals surface area contributed by atoms with E-state index in [-0.39, 0.29) is 0 Å².